The summed E-state index contributed by atoms with van der Waals surface area (Å²) in [7, 11) is 0. The van der Waals surface area contributed by atoms with Gasteiger partial charge in [-0.2, -0.15) is 0 Å². The van der Waals surface area contributed by atoms with E-state index in [1.807, 2.05) is 30.3 Å². The molecule has 2 bridgehead atoms. The maximum absolute atomic E-state index is 12.4. The van der Waals surface area contributed by atoms with Gasteiger partial charge in [0.05, 0.1) is 6.42 Å². The maximum Gasteiger partial charge on any atom is 0.305 e. The van der Waals surface area contributed by atoms with Gasteiger partial charge in [-0.25, -0.2) is 0 Å². The van der Waals surface area contributed by atoms with Crippen molar-refractivity contribution < 1.29 is 19.4 Å². The fourth-order valence-electron chi connectivity index (χ4n) is 6.33. The van der Waals surface area contributed by atoms with E-state index in [-0.39, 0.29) is 30.4 Å². The van der Waals surface area contributed by atoms with Crippen LogP contribution in [-0.4, -0.2) is 23.5 Å². The van der Waals surface area contributed by atoms with Crippen LogP contribution in [-0.2, 0) is 10.2 Å². The zero-order valence-corrected chi connectivity index (χ0v) is 20.7. The normalized spacial score (nSPS) is 23.2. The van der Waals surface area contributed by atoms with E-state index in [2.05, 4.69) is 60.8 Å². The van der Waals surface area contributed by atoms with Crippen LogP contribution in [0.4, 0.5) is 0 Å². The van der Waals surface area contributed by atoms with Gasteiger partial charge in [-0.3, -0.25) is 9.59 Å². The van der Waals surface area contributed by atoms with Crippen LogP contribution < -0.4 is 10.1 Å². The Kier molecular flexibility index (Phi) is 6.82. The average molecular weight is 484 g/mol. The number of carbonyl (C=O) groups excluding carboxylic acids is 1. The van der Waals surface area contributed by atoms with Crippen molar-refractivity contribution in [2.24, 2.45) is 11.8 Å². The minimum absolute atomic E-state index is 0.0253. The quantitative estimate of drug-likeness (QED) is 0.383. The van der Waals surface area contributed by atoms with E-state index >= 15 is 0 Å². The van der Waals surface area contributed by atoms with Gasteiger partial charge in [0.1, 0.15) is 11.9 Å². The van der Waals surface area contributed by atoms with Crippen molar-refractivity contribution >= 4 is 11.9 Å². The van der Waals surface area contributed by atoms with Gasteiger partial charge in [-0.1, -0.05) is 61.0 Å². The lowest BCUT2D eigenvalue weighted by atomic mass is 9.64. The highest BCUT2D eigenvalue weighted by molar-refractivity contribution is 5.94. The van der Waals surface area contributed by atoms with Crippen molar-refractivity contribution in [1.82, 2.24) is 5.32 Å². The molecule has 0 aliphatic heterocycles. The Morgan fingerprint density at radius 3 is 2.22 bits per heavy atom. The van der Waals surface area contributed by atoms with Gasteiger partial charge in [0, 0.05) is 17.5 Å². The van der Waals surface area contributed by atoms with Crippen molar-refractivity contribution in [1.29, 1.82) is 0 Å². The molecule has 186 valence electrons. The summed E-state index contributed by atoms with van der Waals surface area (Å²) in [6, 6.07) is 26.8. The molecule has 2 aliphatic rings. The van der Waals surface area contributed by atoms with E-state index in [1.54, 1.807) is 0 Å². The van der Waals surface area contributed by atoms with Gasteiger partial charge in [0.25, 0.3) is 5.91 Å². The minimum atomic E-state index is -0.921. The molecule has 5 rings (SSSR count). The Labute approximate surface area is 212 Å². The molecule has 2 saturated carbocycles. The molecule has 0 heterocycles. The molecule has 5 heteroatoms. The van der Waals surface area contributed by atoms with Gasteiger partial charge >= 0.3 is 5.97 Å². The Bertz CT molecular complexity index is 1210. The Morgan fingerprint density at radius 1 is 0.972 bits per heavy atom. The molecule has 2 aliphatic carbocycles. The molecule has 3 aromatic carbocycles. The first-order chi connectivity index (χ1) is 17.5. The first-order valence-electron chi connectivity index (χ1n) is 12.9. The van der Waals surface area contributed by atoms with E-state index in [0.29, 0.717) is 11.5 Å². The lowest BCUT2D eigenvalue weighted by molar-refractivity contribution is -0.136. The second-order valence-corrected chi connectivity index (χ2v) is 10.2. The van der Waals surface area contributed by atoms with Gasteiger partial charge in [0.2, 0.25) is 0 Å². The molecular weight excluding hydrogens is 450 g/mol. The molecule has 4 atom stereocenters. The van der Waals surface area contributed by atoms with Gasteiger partial charge in [0.15, 0.2) is 0 Å². The van der Waals surface area contributed by atoms with E-state index in [1.165, 1.54) is 30.4 Å². The lowest BCUT2D eigenvalue weighted by Gasteiger charge is -2.39. The number of nitrogens with one attached hydrogen (secondary N) is 1. The highest BCUT2D eigenvalue weighted by atomic mass is 16.5. The fraction of sp³-hybridized carbons (Fsp3) is 0.355. The topological polar surface area (TPSA) is 75.6 Å². The van der Waals surface area contributed by atoms with Gasteiger partial charge < -0.3 is 15.2 Å². The number of aliphatic carboxylic acids is 1. The first kappa shape index (κ1) is 24.1. The number of rotatable bonds is 9. The zero-order valence-electron chi connectivity index (χ0n) is 20.7. The number of carbonyl (C=O) groups is 2. The van der Waals surface area contributed by atoms with Crippen molar-refractivity contribution in [3.05, 3.63) is 101 Å². The third kappa shape index (κ3) is 4.75. The second-order valence-electron chi connectivity index (χ2n) is 10.2. The SMILES string of the molecule is CC(Oc1ccc(C2(c3ccc(C(=O)NCCC(=O)O)cc3)CC3CCC2C3)cc1)c1ccccc1. The third-order valence-corrected chi connectivity index (χ3v) is 8.09. The summed E-state index contributed by atoms with van der Waals surface area (Å²) in [4.78, 5) is 23.2. The molecule has 1 amide bonds. The number of hydrogen-bond acceptors (Lipinski definition) is 3. The van der Waals surface area contributed by atoms with E-state index < -0.39 is 5.97 Å². The van der Waals surface area contributed by atoms with Crippen molar-refractivity contribution in [3.63, 3.8) is 0 Å². The van der Waals surface area contributed by atoms with Crippen LogP contribution in [0.15, 0.2) is 78.9 Å². The lowest BCUT2D eigenvalue weighted by Crippen LogP contribution is -2.34. The molecule has 4 unspecified atom stereocenters. The molecule has 0 radical (unpaired) electrons. The summed E-state index contributed by atoms with van der Waals surface area (Å²) < 4.78 is 6.23. The standard InChI is InChI=1S/C31H33NO4/c1-21(23-5-3-2-4-6-23)36-28-15-13-26(14-16-28)31(20-22-7-10-27(31)19-22)25-11-8-24(9-12-25)30(35)32-18-17-29(33)34/h2-6,8-9,11-16,21-22,27H,7,10,17-20H2,1H3,(H,32,35)(H,33,34). The first-order valence-corrected chi connectivity index (χ1v) is 12.9. The largest absolute Gasteiger partial charge is 0.486 e. The number of fused-ring (bicyclic) bond motifs is 2. The monoisotopic (exact) mass is 483 g/mol. The van der Waals surface area contributed by atoms with Crippen molar-refractivity contribution in [2.75, 3.05) is 6.54 Å². The summed E-state index contributed by atoms with van der Waals surface area (Å²) in [5, 5.41) is 11.5. The van der Waals surface area contributed by atoms with E-state index in [0.717, 1.165) is 23.7 Å². The van der Waals surface area contributed by atoms with Crippen LogP contribution in [0.25, 0.3) is 0 Å². The number of carboxylic acid groups (broad SMARTS) is 1. The van der Waals surface area contributed by atoms with Gasteiger partial charge in [-0.15, -0.1) is 0 Å². The molecule has 0 saturated heterocycles. The van der Waals surface area contributed by atoms with Crippen LogP contribution in [0.3, 0.4) is 0 Å². The molecule has 2 fully saturated rings. The maximum atomic E-state index is 12.4. The average Bonchev–Trinajstić information content (AvgIpc) is 3.52. The molecular formula is C31H33NO4. The number of amides is 1. The Balaban J connectivity index is 1.36. The molecule has 2 N–H and O–H groups in total. The highest BCUT2D eigenvalue weighted by Crippen LogP contribution is 2.60. The molecule has 3 aromatic rings. The Morgan fingerprint density at radius 2 is 1.64 bits per heavy atom. The van der Waals surface area contributed by atoms with E-state index in [4.69, 9.17) is 9.84 Å². The summed E-state index contributed by atoms with van der Waals surface area (Å²) in [6.07, 6.45) is 4.79. The van der Waals surface area contributed by atoms with E-state index in [9.17, 15) is 9.59 Å². The molecule has 36 heavy (non-hydrogen) atoms. The van der Waals surface area contributed by atoms with Crippen LogP contribution in [0.5, 0.6) is 5.75 Å². The predicted molar refractivity (Wildman–Crippen MR) is 139 cm³/mol. The van der Waals surface area contributed by atoms with Gasteiger partial charge in [-0.05, 0) is 79.0 Å². The summed E-state index contributed by atoms with van der Waals surface area (Å²) in [5.41, 5.74) is 4.22. The van der Waals surface area contributed by atoms with Crippen LogP contribution >= 0.6 is 0 Å². The predicted octanol–water partition coefficient (Wildman–Crippen LogP) is 6.14. The highest BCUT2D eigenvalue weighted by Gasteiger charge is 2.52. The minimum Gasteiger partial charge on any atom is -0.486 e. The molecule has 5 nitrogen and oxygen atoms in total. The molecule has 0 aromatic heterocycles. The Hall–Kier alpha value is -3.60. The van der Waals surface area contributed by atoms with Crippen molar-refractivity contribution in [2.45, 2.75) is 50.5 Å². The fourth-order valence-corrected chi connectivity index (χ4v) is 6.33. The molecule has 0 spiro atoms. The summed E-state index contributed by atoms with van der Waals surface area (Å²) in [5.74, 6) is 1.03. The summed E-state index contributed by atoms with van der Waals surface area (Å²) >= 11 is 0. The van der Waals surface area contributed by atoms with Crippen molar-refractivity contribution in [3.8, 4) is 5.75 Å². The van der Waals surface area contributed by atoms with Crippen LogP contribution in [0, 0.1) is 11.8 Å². The number of benzene rings is 3. The summed E-state index contributed by atoms with van der Waals surface area (Å²) in [6.45, 7) is 2.20. The van der Waals surface area contributed by atoms with Crippen LogP contribution in [0.2, 0.25) is 0 Å². The smallest absolute Gasteiger partial charge is 0.305 e. The number of ether oxygens (including phenoxy) is 1. The zero-order chi connectivity index (χ0) is 25.1. The third-order valence-electron chi connectivity index (χ3n) is 8.09. The number of carboxylic acids is 1. The number of hydrogen-bond donors (Lipinski definition) is 2. The van der Waals surface area contributed by atoms with Crippen LogP contribution in [0.1, 0.15) is 72.2 Å². The second kappa shape index (κ2) is 10.2.